The molecule has 0 saturated carbocycles. The summed E-state index contributed by atoms with van der Waals surface area (Å²) < 4.78 is 11.9. The van der Waals surface area contributed by atoms with Gasteiger partial charge in [0.15, 0.2) is 0 Å². The van der Waals surface area contributed by atoms with Crippen LogP contribution < -0.4 is 14.8 Å². The Morgan fingerprint density at radius 2 is 1.84 bits per heavy atom. The lowest BCUT2D eigenvalue weighted by Crippen LogP contribution is -2.29. The monoisotopic (exact) mass is 259 g/mol. The van der Waals surface area contributed by atoms with Crippen LogP contribution in [0.5, 0.6) is 11.5 Å². The fourth-order valence-electron chi connectivity index (χ4n) is 3.91. The van der Waals surface area contributed by atoms with E-state index in [0.717, 1.165) is 39.1 Å². The minimum absolute atomic E-state index is 0.608. The van der Waals surface area contributed by atoms with E-state index in [-0.39, 0.29) is 0 Å². The standard InChI is InChI=1S/C16H21NO2/c1-10-12-4-7-19-16(12)14(11-3-2-6-17-9-11)13-5-8-18-15(10)13/h11,17H,2-9H2,1H3. The van der Waals surface area contributed by atoms with E-state index in [4.69, 9.17) is 9.47 Å². The van der Waals surface area contributed by atoms with E-state index in [1.807, 2.05) is 0 Å². The molecule has 1 aromatic rings. The van der Waals surface area contributed by atoms with Gasteiger partial charge in [-0.05, 0) is 31.9 Å². The summed E-state index contributed by atoms with van der Waals surface area (Å²) in [6.45, 7) is 6.12. The molecule has 0 radical (unpaired) electrons. The summed E-state index contributed by atoms with van der Waals surface area (Å²) in [6, 6.07) is 0. The van der Waals surface area contributed by atoms with Crippen LogP contribution in [0.4, 0.5) is 0 Å². The van der Waals surface area contributed by atoms with E-state index in [0.29, 0.717) is 5.92 Å². The largest absolute Gasteiger partial charge is 0.493 e. The number of hydrogen-bond acceptors (Lipinski definition) is 3. The summed E-state index contributed by atoms with van der Waals surface area (Å²) in [7, 11) is 0. The zero-order valence-electron chi connectivity index (χ0n) is 11.6. The van der Waals surface area contributed by atoms with Crippen molar-refractivity contribution >= 4 is 0 Å². The highest BCUT2D eigenvalue weighted by molar-refractivity contribution is 5.62. The van der Waals surface area contributed by atoms with E-state index in [1.165, 1.54) is 46.6 Å². The number of benzene rings is 1. The summed E-state index contributed by atoms with van der Waals surface area (Å²) in [4.78, 5) is 0. The van der Waals surface area contributed by atoms with Crippen molar-refractivity contribution in [3.8, 4) is 11.5 Å². The van der Waals surface area contributed by atoms with Crippen molar-refractivity contribution in [2.24, 2.45) is 0 Å². The average molecular weight is 259 g/mol. The van der Waals surface area contributed by atoms with Crippen LogP contribution >= 0.6 is 0 Å². The maximum absolute atomic E-state index is 6.01. The molecule has 3 nitrogen and oxygen atoms in total. The quantitative estimate of drug-likeness (QED) is 0.839. The molecule has 0 aromatic heterocycles. The predicted octanol–water partition coefficient (Wildman–Crippen LogP) is 2.33. The molecule has 1 unspecified atom stereocenters. The molecule has 19 heavy (non-hydrogen) atoms. The topological polar surface area (TPSA) is 30.5 Å². The number of piperidine rings is 1. The Morgan fingerprint density at radius 3 is 2.63 bits per heavy atom. The van der Waals surface area contributed by atoms with Crippen molar-refractivity contribution in [1.82, 2.24) is 5.32 Å². The molecule has 1 N–H and O–H groups in total. The van der Waals surface area contributed by atoms with Crippen LogP contribution in [-0.4, -0.2) is 26.3 Å². The molecular weight excluding hydrogens is 238 g/mol. The Labute approximate surface area is 114 Å². The third kappa shape index (κ3) is 1.68. The van der Waals surface area contributed by atoms with Crippen molar-refractivity contribution in [3.63, 3.8) is 0 Å². The number of rotatable bonds is 1. The van der Waals surface area contributed by atoms with Crippen molar-refractivity contribution in [2.75, 3.05) is 26.3 Å². The SMILES string of the molecule is Cc1c2c(c(C3CCCNC3)c3c1OCC3)OCC2. The van der Waals surface area contributed by atoms with Crippen LogP contribution in [-0.2, 0) is 12.8 Å². The molecule has 102 valence electrons. The van der Waals surface area contributed by atoms with Gasteiger partial charge in [-0.25, -0.2) is 0 Å². The molecule has 3 heterocycles. The number of ether oxygens (including phenoxy) is 2. The van der Waals surface area contributed by atoms with Gasteiger partial charge in [0.25, 0.3) is 0 Å². The Morgan fingerprint density at radius 1 is 1.05 bits per heavy atom. The van der Waals surface area contributed by atoms with Crippen LogP contribution in [0.15, 0.2) is 0 Å². The molecule has 1 atom stereocenters. The van der Waals surface area contributed by atoms with E-state index < -0.39 is 0 Å². The van der Waals surface area contributed by atoms with E-state index in [2.05, 4.69) is 12.2 Å². The van der Waals surface area contributed by atoms with Crippen molar-refractivity contribution in [2.45, 2.75) is 38.5 Å². The lowest BCUT2D eigenvalue weighted by molar-refractivity contribution is 0.345. The maximum Gasteiger partial charge on any atom is 0.126 e. The molecule has 3 heteroatoms. The first-order valence-corrected chi connectivity index (χ1v) is 7.50. The van der Waals surface area contributed by atoms with E-state index in [1.54, 1.807) is 0 Å². The van der Waals surface area contributed by atoms with Gasteiger partial charge in [0, 0.05) is 42.0 Å². The van der Waals surface area contributed by atoms with Crippen LogP contribution in [0, 0.1) is 6.92 Å². The van der Waals surface area contributed by atoms with Crippen LogP contribution in [0.2, 0.25) is 0 Å². The highest BCUT2D eigenvalue weighted by atomic mass is 16.5. The number of nitrogens with one attached hydrogen (secondary N) is 1. The highest BCUT2D eigenvalue weighted by Gasteiger charge is 2.33. The Balaban J connectivity index is 1.89. The van der Waals surface area contributed by atoms with Crippen molar-refractivity contribution in [1.29, 1.82) is 0 Å². The molecule has 1 aromatic carbocycles. The number of hydrogen-bond donors (Lipinski definition) is 1. The summed E-state index contributed by atoms with van der Waals surface area (Å²) in [6.07, 6.45) is 4.64. The first kappa shape index (κ1) is 11.6. The molecule has 1 fully saturated rings. The first-order chi connectivity index (χ1) is 9.36. The first-order valence-electron chi connectivity index (χ1n) is 7.50. The Bertz CT molecular complexity index is 483. The summed E-state index contributed by atoms with van der Waals surface area (Å²) in [5.74, 6) is 2.98. The Kier molecular flexibility index (Phi) is 2.69. The minimum Gasteiger partial charge on any atom is -0.493 e. The number of fused-ring (bicyclic) bond motifs is 2. The van der Waals surface area contributed by atoms with Crippen molar-refractivity contribution < 1.29 is 9.47 Å². The van der Waals surface area contributed by atoms with Crippen LogP contribution in [0.1, 0.15) is 41.0 Å². The second kappa shape index (κ2) is 4.41. The van der Waals surface area contributed by atoms with Crippen LogP contribution in [0.3, 0.4) is 0 Å². The molecule has 0 aliphatic carbocycles. The Hall–Kier alpha value is -1.22. The van der Waals surface area contributed by atoms with Gasteiger partial charge in [-0.3, -0.25) is 0 Å². The molecular formula is C16H21NO2. The van der Waals surface area contributed by atoms with E-state index >= 15 is 0 Å². The molecule has 1 saturated heterocycles. The zero-order chi connectivity index (χ0) is 12.8. The lowest BCUT2D eigenvalue weighted by atomic mass is 9.84. The van der Waals surface area contributed by atoms with Gasteiger partial charge in [-0.15, -0.1) is 0 Å². The second-order valence-electron chi connectivity index (χ2n) is 5.89. The van der Waals surface area contributed by atoms with Gasteiger partial charge < -0.3 is 14.8 Å². The lowest BCUT2D eigenvalue weighted by Gasteiger charge is -2.27. The predicted molar refractivity (Wildman–Crippen MR) is 74.4 cm³/mol. The summed E-state index contributed by atoms with van der Waals surface area (Å²) in [5.41, 5.74) is 5.64. The normalized spacial score (nSPS) is 24.6. The van der Waals surface area contributed by atoms with Gasteiger partial charge in [-0.2, -0.15) is 0 Å². The van der Waals surface area contributed by atoms with Gasteiger partial charge in [-0.1, -0.05) is 0 Å². The van der Waals surface area contributed by atoms with Gasteiger partial charge in [0.05, 0.1) is 13.2 Å². The fourth-order valence-corrected chi connectivity index (χ4v) is 3.91. The molecule has 3 aliphatic rings. The molecule has 0 bridgehead atoms. The van der Waals surface area contributed by atoms with Gasteiger partial charge in [0.2, 0.25) is 0 Å². The highest BCUT2D eigenvalue weighted by Crippen LogP contribution is 2.47. The zero-order valence-corrected chi connectivity index (χ0v) is 11.6. The molecule has 0 amide bonds. The fraction of sp³-hybridized carbons (Fsp3) is 0.625. The maximum atomic E-state index is 6.01. The summed E-state index contributed by atoms with van der Waals surface area (Å²) >= 11 is 0. The third-order valence-corrected chi connectivity index (χ3v) is 4.81. The second-order valence-corrected chi connectivity index (χ2v) is 5.89. The molecule has 4 rings (SSSR count). The minimum atomic E-state index is 0.608. The summed E-state index contributed by atoms with van der Waals surface area (Å²) in [5, 5.41) is 3.53. The van der Waals surface area contributed by atoms with Crippen LogP contribution in [0.25, 0.3) is 0 Å². The van der Waals surface area contributed by atoms with E-state index in [9.17, 15) is 0 Å². The van der Waals surface area contributed by atoms with Gasteiger partial charge in [0.1, 0.15) is 11.5 Å². The van der Waals surface area contributed by atoms with Gasteiger partial charge >= 0.3 is 0 Å². The smallest absolute Gasteiger partial charge is 0.126 e. The van der Waals surface area contributed by atoms with Crippen molar-refractivity contribution in [3.05, 3.63) is 22.3 Å². The third-order valence-electron chi connectivity index (χ3n) is 4.81. The molecule has 0 spiro atoms. The molecule has 3 aliphatic heterocycles. The average Bonchev–Trinajstić information content (AvgIpc) is 3.09.